The number of ether oxygens (including phenoxy) is 1. The number of amides is 1. The maximum atomic E-state index is 11.9. The van der Waals surface area contributed by atoms with Crippen molar-refractivity contribution in [2.45, 2.75) is 38.0 Å². The second-order valence-corrected chi connectivity index (χ2v) is 5.04. The zero-order chi connectivity index (χ0) is 12.7. The van der Waals surface area contributed by atoms with Crippen LogP contribution >= 0.6 is 0 Å². The summed E-state index contributed by atoms with van der Waals surface area (Å²) in [6.45, 7) is 2.50. The fourth-order valence-electron chi connectivity index (χ4n) is 2.82. The van der Waals surface area contributed by atoms with E-state index in [4.69, 9.17) is 15.0 Å². The molecule has 2 aliphatic rings. The number of carbonyl (C=O) groups excluding carboxylic acids is 1. The molecule has 6 heteroatoms. The average molecular weight is 251 g/mol. The van der Waals surface area contributed by atoms with Crippen molar-refractivity contribution in [1.82, 2.24) is 10.5 Å². The summed E-state index contributed by atoms with van der Waals surface area (Å²) in [6.07, 6.45) is 2.20. The van der Waals surface area contributed by atoms with Gasteiger partial charge in [0.1, 0.15) is 5.76 Å². The van der Waals surface area contributed by atoms with E-state index in [-0.39, 0.29) is 24.1 Å². The van der Waals surface area contributed by atoms with Gasteiger partial charge in [0.05, 0.1) is 12.1 Å². The topological polar surface area (TPSA) is 90.4 Å². The maximum Gasteiger partial charge on any atom is 0.273 e. The molecule has 3 rings (SSSR count). The summed E-state index contributed by atoms with van der Waals surface area (Å²) >= 11 is 0. The molecular formula is C12H17N3O3. The van der Waals surface area contributed by atoms with Crippen LogP contribution < -0.4 is 11.1 Å². The van der Waals surface area contributed by atoms with Gasteiger partial charge < -0.3 is 20.3 Å². The molecule has 2 fully saturated rings. The Hall–Kier alpha value is -1.40. The van der Waals surface area contributed by atoms with E-state index < -0.39 is 0 Å². The normalized spacial score (nSPS) is 34.6. The summed E-state index contributed by atoms with van der Waals surface area (Å²) in [4.78, 5) is 11.9. The number of rotatable bonds is 2. The van der Waals surface area contributed by atoms with Gasteiger partial charge in [0.15, 0.2) is 5.69 Å². The molecule has 1 saturated heterocycles. The molecule has 6 nitrogen and oxygen atoms in total. The highest BCUT2D eigenvalue weighted by atomic mass is 16.5. The van der Waals surface area contributed by atoms with E-state index in [9.17, 15) is 4.79 Å². The average Bonchev–Trinajstić information content (AvgIpc) is 2.82. The van der Waals surface area contributed by atoms with Crippen LogP contribution in [0.2, 0.25) is 0 Å². The van der Waals surface area contributed by atoms with Crippen molar-refractivity contribution < 1.29 is 14.1 Å². The van der Waals surface area contributed by atoms with Crippen molar-refractivity contribution in [3.05, 3.63) is 17.5 Å². The van der Waals surface area contributed by atoms with Crippen molar-refractivity contribution in [2.24, 2.45) is 11.7 Å². The standard InChI is InChI=1S/C12H17N3O3/c1-6-5-8(15-18-6)12(16)14-10-9(13)7-3-2-4-17-11(7)10/h5,7,9-11H,2-4,13H2,1H3,(H,14,16). The van der Waals surface area contributed by atoms with Crippen LogP contribution in [0.1, 0.15) is 29.1 Å². The fourth-order valence-corrected chi connectivity index (χ4v) is 2.82. The zero-order valence-electron chi connectivity index (χ0n) is 10.3. The van der Waals surface area contributed by atoms with Gasteiger partial charge in [-0.3, -0.25) is 4.79 Å². The van der Waals surface area contributed by atoms with Crippen LogP contribution in [0.25, 0.3) is 0 Å². The van der Waals surface area contributed by atoms with Crippen molar-refractivity contribution >= 4 is 5.91 Å². The Bertz CT molecular complexity index is 459. The van der Waals surface area contributed by atoms with Crippen LogP contribution in [0, 0.1) is 12.8 Å². The minimum absolute atomic E-state index is 0.0211. The molecule has 1 aromatic rings. The van der Waals surface area contributed by atoms with Crippen molar-refractivity contribution in [1.29, 1.82) is 0 Å². The highest BCUT2D eigenvalue weighted by Gasteiger charge is 2.51. The van der Waals surface area contributed by atoms with E-state index in [1.165, 1.54) is 0 Å². The molecule has 0 spiro atoms. The summed E-state index contributed by atoms with van der Waals surface area (Å²) in [5, 5.41) is 6.57. The van der Waals surface area contributed by atoms with Gasteiger partial charge in [-0.15, -0.1) is 0 Å². The van der Waals surface area contributed by atoms with Gasteiger partial charge in [-0.05, 0) is 19.8 Å². The Morgan fingerprint density at radius 3 is 3.17 bits per heavy atom. The Balaban J connectivity index is 1.64. The predicted molar refractivity (Wildman–Crippen MR) is 62.9 cm³/mol. The third-order valence-electron chi connectivity index (χ3n) is 3.84. The third-order valence-corrected chi connectivity index (χ3v) is 3.84. The number of nitrogens with two attached hydrogens (primary N) is 1. The highest BCUT2D eigenvalue weighted by molar-refractivity contribution is 5.92. The lowest BCUT2D eigenvalue weighted by Gasteiger charge is -2.52. The van der Waals surface area contributed by atoms with Crippen molar-refractivity contribution in [3.8, 4) is 0 Å². The molecule has 1 aromatic heterocycles. The molecule has 1 aliphatic carbocycles. The number of aromatic nitrogens is 1. The number of hydrogen-bond acceptors (Lipinski definition) is 5. The van der Waals surface area contributed by atoms with Gasteiger partial charge in [-0.2, -0.15) is 0 Å². The summed E-state index contributed by atoms with van der Waals surface area (Å²) < 4.78 is 10.5. The number of nitrogens with zero attached hydrogens (tertiary/aromatic N) is 1. The second kappa shape index (κ2) is 4.37. The number of nitrogens with one attached hydrogen (secondary N) is 1. The lowest BCUT2D eigenvalue weighted by Crippen LogP contribution is -2.72. The molecule has 1 aliphatic heterocycles. The van der Waals surface area contributed by atoms with Gasteiger partial charge in [0.25, 0.3) is 5.91 Å². The molecule has 4 atom stereocenters. The number of carbonyl (C=O) groups is 1. The van der Waals surface area contributed by atoms with Crippen molar-refractivity contribution in [3.63, 3.8) is 0 Å². The van der Waals surface area contributed by atoms with Crippen molar-refractivity contribution in [2.75, 3.05) is 6.61 Å². The van der Waals surface area contributed by atoms with Gasteiger partial charge in [0, 0.05) is 24.6 Å². The Labute approximate surface area is 105 Å². The van der Waals surface area contributed by atoms with Crippen LogP contribution in [0.3, 0.4) is 0 Å². The first-order valence-electron chi connectivity index (χ1n) is 6.28. The molecule has 0 bridgehead atoms. The SMILES string of the molecule is Cc1cc(C(=O)NC2C(N)C3CCCOC32)no1. The fraction of sp³-hybridized carbons (Fsp3) is 0.667. The summed E-state index contributed by atoms with van der Waals surface area (Å²) in [5.41, 5.74) is 6.36. The molecule has 4 unspecified atom stereocenters. The van der Waals surface area contributed by atoms with Crippen LogP contribution in [0.5, 0.6) is 0 Å². The van der Waals surface area contributed by atoms with Gasteiger partial charge in [-0.25, -0.2) is 0 Å². The quantitative estimate of drug-likeness (QED) is 0.784. The third kappa shape index (κ3) is 1.81. The predicted octanol–water partition coefficient (Wildman–Crippen LogP) is 0.218. The number of aryl methyl sites for hydroxylation is 1. The highest BCUT2D eigenvalue weighted by Crippen LogP contribution is 2.37. The molecule has 3 N–H and O–H groups in total. The Kier molecular flexibility index (Phi) is 2.83. The van der Waals surface area contributed by atoms with Gasteiger partial charge in [0.2, 0.25) is 0 Å². The van der Waals surface area contributed by atoms with E-state index in [2.05, 4.69) is 10.5 Å². The Morgan fingerprint density at radius 2 is 2.44 bits per heavy atom. The van der Waals surface area contributed by atoms with E-state index in [1.807, 2.05) is 0 Å². The minimum Gasteiger partial charge on any atom is -0.376 e. The number of fused-ring (bicyclic) bond motifs is 1. The van der Waals surface area contributed by atoms with Gasteiger partial charge >= 0.3 is 0 Å². The first kappa shape index (κ1) is 11.7. The Morgan fingerprint density at radius 1 is 1.61 bits per heavy atom. The lowest BCUT2D eigenvalue weighted by atomic mass is 9.68. The number of hydrogen-bond donors (Lipinski definition) is 2. The second-order valence-electron chi connectivity index (χ2n) is 5.04. The van der Waals surface area contributed by atoms with E-state index in [0.717, 1.165) is 19.4 Å². The monoisotopic (exact) mass is 251 g/mol. The summed E-state index contributed by atoms with van der Waals surface area (Å²) in [6, 6.07) is 1.48. The first-order chi connectivity index (χ1) is 8.66. The van der Waals surface area contributed by atoms with E-state index >= 15 is 0 Å². The van der Waals surface area contributed by atoms with Crippen LogP contribution in [0.15, 0.2) is 10.6 Å². The molecule has 98 valence electrons. The zero-order valence-corrected chi connectivity index (χ0v) is 10.3. The molecular weight excluding hydrogens is 234 g/mol. The van der Waals surface area contributed by atoms with E-state index in [1.54, 1.807) is 13.0 Å². The smallest absolute Gasteiger partial charge is 0.273 e. The summed E-state index contributed by atoms with van der Waals surface area (Å²) in [7, 11) is 0. The lowest BCUT2D eigenvalue weighted by molar-refractivity contribution is -0.117. The van der Waals surface area contributed by atoms with Gasteiger partial charge in [-0.1, -0.05) is 5.16 Å². The molecule has 0 aromatic carbocycles. The molecule has 2 heterocycles. The molecule has 0 radical (unpaired) electrons. The maximum absolute atomic E-state index is 11.9. The van der Waals surface area contributed by atoms with Crippen LogP contribution in [-0.4, -0.2) is 35.9 Å². The van der Waals surface area contributed by atoms with Crippen LogP contribution in [0.4, 0.5) is 0 Å². The minimum atomic E-state index is -0.250. The molecule has 1 amide bonds. The first-order valence-corrected chi connectivity index (χ1v) is 6.28. The van der Waals surface area contributed by atoms with E-state index in [0.29, 0.717) is 17.4 Å². The largest absolute Gasteiger partial charge is 0.376 e. The molecule has 18 heavy (non-hydrogen) atoms. The van der Waals surface area contributed by atoms with Crippen LogP contribution in [-0.2, 0) is 4.74 Å². The summed E-state index contributed by atoms with van der Waals surface area (Å²) in [5.74, 6) is 0.743. The molecule has 1 saturated carbocycles.